The van der Waals surface area contributed by atoms with Crippen molar-refractivity contribution in [1.29, 1.82) is 0 Å². The molecular weight excluding hydrogens is 306 g/mol. The van der Waals surface area contributed by atoms with E-state index in [-0.39, 0.29) is 5.91 Å². The molecule has 0 atom stereocenters. The molecule has 0 aliphatic heterocycles. The van der Waals surface area contributed by atoms with Crippen molar-refractivity contribution in [3.8, 4) is 0 Å². The van der Waals surface area contributed by atoms with Crippen molar-refractivity contribution in [2.24, 2.45) is 5.10 Å². The lowest BCUT2D eigenvalue weighted by atomic mass is 10.1. The van der Waals surface area contributed by atoms with Gasteiger partial charge in [-0.25, -0.2) is 5.43 Å². The van der Waals surface area contributed by atoms with Crippen LogP contribution in [-0.2, 0) is 0 Å². The molecule has 2 aromatic rings. The Morgan fingerprint density at radius 2 is 1.95 bits per heavy atom. The summed E-state index contributed by atoms with van der Waals surface area (Å²) in [4.78, 5) is 15.7. The molecule has 0 fully saturated rings. The van der Waals surface area contributed by atoms with E-state index in [9.17, 15) is 4.79 Å². The predicted molar refractivity (Wildman–Crippen MR) is 78.1 cm³/mol. The number of benzene rings is 1. The first-order valence-corrected chi connectivity index (χ1v) is 6.48. The molecule has 2 rings (SSSR count). The van der Waals surface area contributed by atoms with Gasteiger partial charge in [0.05, 0.1) is 5.71 Å². The smallest absolute Gasteiger partial charge is 0.266 e. The second kappa shape index (κ2) is 6.24. The zero-order chi connectivity index (χ0) is 13.7. The number of hydrazone groups is 1. The van der Waals surface area contributed by atoms with E-state index in [2.05, 4.69) is 31.4 Å². The standard InChI is InChI=1S/C14H12BrN3O/c1-10(11-5-7-12(15)8-6-11)17-18-14(19)13-4-2-3-9-16-13/h2-9H,1H3,(H,18,19). The minimum Gasteiger partial charge on any atom is -0.266 e. The molecule has 0 spiro atoms. The van der Waals surface area contributed by atoms with Crippen LogP contribution in [0.2, 0.25) is 0 Å². The highest BCUT2D eigenvalue weighted by molar-refractivity contribution is 9.10. The first-order valence-electron chi connectivity index (χ1n) is 5.68. The maximum absolute atomic E-state index is 11.7. The highest BCUT2D eigenvalue weighted by Crippen LogP contribution is 2.11. The normalized spacial score (nSPS) is 11.2. The minimum absolute atomic E-state index is 0.322. The Bertz CT molecular complexity index is 594. The molecule has 1 heterocycles. The summed E-state index contributed by atoms with van der Waals surface area (Å²) in [6, 6.07) is 12.9. The number of halogens is 1. The van der Waals surface area contributed by atoms with Gasteiger partial charge in [0.2, 0.25) is 0 Å². The number of amides is 1. The van der Waals surface area contributed by atoms with E-state index in [1.54, 1.807) is 24.4 Å². The zero-order valence-electron chi connectivity index (χ0n) is 10.3. The average Bonchev–Trinajstić information content (AvgIpc) is 2.46. The van der Waals surface area contributed by atoms with Crippen molar-refractivity contribution < 1.29 is 4.79 Å². The van der Waals surface area contributed by atoms with Crippen LogP contribution in [0.3, 0.4) is 0 Å². The van der Waals surface area contributed by atoms with Crippen molar-refractivity contribution >= 4 is 27.5 Å². The first kappa shape index (κ1) is 13.4. The Hall–Kier alpha value is -2.01. The number of nitrogens with zero attached hydrogens (tertiary/aromatic N) is 2. The summed E-state index contributed by atoms with van der Waals surface area (Å²) in [5.41, 5.74) is 4.51. The van der Waals surface area contributed by atoms with E-state index in [0.29, 0.717) is 5.69 Å². The Kier molecular flexibility index (Phi) is 4.41. The zero-order valence-corrected chi connectivity index (χ0v) is 11.9. The van der Waals surface area contributed by atoms with E-state index < -0.39 is 0 Å². The van der Waals surface area contributed by atoms with E-state index in [4.69, 9.17) is 0 Å². The number of hydrogen-bond donors (Lipinski definition) is 1. The summed E-state index contributed by atoms with van der Waals surface area (Å²) in [6.45, 7) is 1.84. The highest BCUT2D eigenvalue weighted by atomic mass is 79.9. The van der Waals surface area contributed by atoms with Crippen LogP contribution in [0.4, 0.5) is 0 Å². The number of hydrogen-bond acceptors (Lipinski definition) is 3. The van der Waals surface area contributed by atoms with Crippen LogP contribution in [0.1, 0.15) is 23.0 Å². The number of nitrogens with one attached hydrogen (secondary N) is 1. The number of rotatable bonds is 3. The quantitative estimate of drug-likeness (QED) is 0.699. The summed E-state index contributed by atoms with van der Waals surface area (Å²) >= 11 is 3.37. The van der Waals surface area contributed by atoms with Gasteiger partial charge in [0, 0.05) is 10.7 Å². The molecule has 0 aliphatic carbocycles. The predicted octanol–water partition coefficient (Wildman–Crippen LogP) is 3.00. The van der Waals surface area contributed by atoms with Crippen LogP contribution >= 0.6 is 15.9 Å². The molecule has 1 N–H and O–H groups in total. The van der Waals surface area contributed by atoms with Gasteiger partial charge in [-0.2, -0.15) is 5.10 Å². The molecule has 1 aromatic carbocycles. The fraction of sp³-hybridized carbons (Fsp3) is 0.0714. The summed E-state index contributed by atoms with van der Waals surface area (Å²) < 4.78 is 1.00. The van der Waals surface area contributed by atoms with Crippen molar-refractivity contribution in [1.82, 2.24) is 10.4 Å². The van der Waals surface area contributed by atoms with Crippen molar-refractivity contribution in [2.45, 2.75) is 6.92 Å². The van der Waals surface area contributed by atoms with Gasteiger partial charge in [0.25, 0.3) is 5.91 Å². The SMILES string of the molecule is CC(=NNC(=O)c1ccccn1)c1ccc(Br)cc1. The molecule has 1 amide bonds. The molecule has 1 aromatic heterocycles. The maximum atomic E-state index is 11.7. The Morgan fingerprint density at radius 3 is 2.58 bits per heavy atom. The van der Waals surface area contributed by atoms with Crippen LogP contribution in [0, 0.1) is 0 Å². The van der Waals surface area contributed by atoms with Gasteiger partial charge in [0.1, 0.15) is 5.69 Å². The summed E-state index contributed by atoms with van der Waals surface area (Å²) in [5.74, 6) is -0.322. The summed E-state index contributed by atoms with van der Waals surface area (Å²) in [6.07, 6.45) is 1.57. The summed E-state index contributed by atoms with van der Waals surface area (Å²) in [5, 5.41) is 4.06. The van der Waals surface area contributed by atoms with E-state index >= 15 is 0 Å². The highest BCUT2D eigenvalue weighted by Gasteiger charge is 2.05. The van der Waals surface area contributed by atoms with Crippen molar-refractivity contribution in [2.75, 3.05) is 0 Å². The second-order valence-electron chi connectivity index (χ2n) is 3.86. The lowest BCUT2D eigenvalue weighted by Crippen LogP contribution is -2.20. The first-order chi connectivity index (χ1) is 9.16. The van der Waals surface area contributed by atoms with Gasteiger partial charge in [-0.3, -0.25) is 9.78 Å². The number of pyridine rings is 1. The molecule has 0 aliphatic rings. The Labute approximate surface area is 119 Å². The number of carbonyl (C=O) groups is 1. The molecule has 19 heavy (non-hydrogen) atoms. The van der Waals surface area contributed by atoms with Crippen LogP contribution < -0.4 is 5.43 Å². The van der Waals surface area contributed by atoms with Gasteiger partial charge in [-0.15, -0.1) is 0 Å². The molecule has 4 nitrogen and oxygen atoms in total. The van der Waals surface area contributed by atoms with Crippen LogP contribution in [0.15, 0.2) is 58.2 Å². The Morgan fingerprint density at radius 1 is 1.21 bits per heavy atom. The largest absolute Gasteiger partial charge is 0.289 e. The van der Waals surface area contributed by atoms with Crippen molar-refractivity contribution in [3.63, 3.8) is 0 Å². The molecule has 0 saturated carbocycles. The van der Waals surface area contributed by atoms with E-state index in [1.165, 1.54) is 0 Å². The molecule has 96 valence electrons. The lowest BCUT2D eigenvalue weighted by molar-refractivity contribution is 0.0950. The molecular formula is C14H12BrN3O. The van der Waals surface area contributed by atoms with Crippen molar-refractivity contribution in [3.05, 3.63) is 64.4 Å². The maximum Gasteiger partial charge on any atom is 0.289 e. The molecule has 0 radical (unpaired) electrons. The van der Waals surface area contributed by atoms with E-state index in [1.807, 2.05) is 31.2 Å². The molecule has 0 unspecified atom stereocenters. The second-order valence-corrected chi connectivity index (χ2v) is 4.78. The van der Waals surface area contributed by atoms with Gasteiger partial charge in [-0.1, -0.05) is 34.1 Å². The Balaban J connectivity index is 2.06. The lowest BCUT2D eigenvalue weighted by Gasteiger charge is -2.02. The van der Waals surface area contributed by atoms with Crippen LogP contribution in [0.5, 0.6) is 0 Å². The summed E-state index contributed by atoms with van der Waals surface area (Å²) in [7, 11) is 0. The monoisotopic (exact) mass is 317 g/mol. The molecule has 0 saturated heterocycles. The topological polar surface area (TPSA) is 54.4 Å². The number of carbonyl (C=O) groups excluding carboxylic acids is 1. The van der Waals surface area contributed by atoms with Gasteiger partial charge in [-0.05, 0) is 36.8 Å². The van der Waals surface area contributed by atoms with Gasteiger partial charge in [0.15, 0.2) is 0 Å². The third-order valence-corrected chi connectivity index (χ3v) is 3.01. The van der Waals surface area contributed by atoms with Gasteiger partial charge >= 0.3 is 0 Å². The van der Waals surface area contributed by atoms with Crippen LogP contribution in [-0.4, -0.2) is 16.6 Å². The third-order valence-electron chi connectivity index (χ3n) is 2.48. The van der Waals surface area contributed by atoms with Gasteiger partial charge < -0.3 is 0 Å². The minimum atomic E-state index is -0.322. The van der Waals surface area contributed by atoms with Crippen LogP contribution in [0.25, 0.3) is 0 Å². The number of aromatic nitrogens is 1. The average molecular weight is 318 g/mol. The molecule has 5 heteroatoms. The third kappa shape index (κ3) is 3.72. The molecule has 0 bridgehead atoms. The fourth-order valence-electron chi connectivity index (χ4n) is 1.44. The van der Waals surface area contributed by atoms with E-state index in [0.717, 1.165) is 15.7 Å². The fourth-order valence-corrected chi connectivity index (χ4v) is 1.71.